The molecule has 0 spiro atoms. The molecule has 0 saturated carbocycles. The lowest BCUT2D eigenvalue weighted by atomic mass is 10.2. The first-order valence-electron chi connectivity index (χ1n) is 2.09. The molecule has 0 rings (SSSR count). The zero-order valence-corrected chi connectivity index (χ0v) is 4.43. The first-order chi connectivity index (χ1) is 3.18. The molecular formula is C4H8N2O. The molecule has 0 aliphatic heterocycles. The molecule has 0 aromatic heterocycles. The lowest BCUT2D eigenvalue weighted by molar-refractivity contribution is -0.121. The molecule has 40 valence electrons. The first kappa shape index (κ1) is 6.27. The number of rotatable bonds is 1. The molecule has 3 heteroatoms. The van der Waals surface area contributed by atoms with Crippen LogP contribution in [0.15, 0.2) is 5.11 Å². The highest BCUT2D eigenvalue weighted by molar-refractivity contribution is 5.77. The van der Waals surface area contributed by atoms with Crippen molar-refractivity contribution in [2.24, 2.45) is 11.0 Å². The standard InChI is InChI=1S/C4H8N2O/c1-3(2)4(7)6-5/h3,5H,1-2H3. The molecule has 7 heavy (non-hydrogen) atoms. The Morgan fingerprint density at radius 1 is 1.71 bits per heavy atom. The van der Waals surface area contributed by atoms with Gasteiger partial charge in [-0.3, -0.25) is 4.79 Å². The fraction of sp³-hybridized carbons (Fsp3) is 0.750. The van der Waals surface area contributed by atoms with Crippen molar-refractivity contribution in [3.8, 4) is 0 Å². The monoisotopic (exact) mass is 100 g/mol. The summed E-state index contributed by atoms with van der Waals surface area (Å²) in [7, 11) is 0. The van der Waals surface area contributed by atoms with Gasteiger partial charge >= 0.3 is 0 Å². The second kappa shape index (κ2) is 2.44. The molecule has 0 atom stereocenters. The molecule has 0 heterocycles. The van der Waals surface area contributed by atoms with E-state index in [9.17, 15) is 4.79 Å². The maximum Gasteiger partial charge on any atom is 0.266 e. The van der Waals surface area contributed by atoms with Gasteiger partial charge in [0.25, 0.3) is 5.91 Å². The number of amides is 1. The Hall–Kier alpha value is -0.730. The van der Waals surface area contributed by atoms with E-state index >= 15 is 0 Å². The van der Waals surface area contributed by atoms with Gasteiger partial charge in [0.2, 0.25) is 0 Å². The van der Waals surface area contributed by atoms with Gasteiger partial charge in [0.05, 0.1) is 0 Å². The molecule has 1 N–H and O–H groups in total. The Balaban J connectivity index is 3.56. The van der Waals surface area contributed by atoms with Crippen molar-refractivity contribution in [3.63, 3.8) is 0 Å². The minimum atomic E-state index is -0.361. The Labute approximate surface area is 42.2 Å². The van der Waals surface area contributed by atoms with Crippen LogP contribution in [0.3, 0.4) is 0 Å². The van der Waals surface area contributed by atoms with Crippen LogP contribution in [0.2, 0.25) is 0 Å². The lowest BCUT2D eigenvalue weighted by Gasteiger charge is -1.90. The molecule has 0 saturated heterocycles. The predicted molar refractivity (Wildman–Crippen MR) is 25.0 cm³/mol. The average Bonchev–Trinajstić information content (AvgIpc) is 1.65. The molecule has 3 nitrogen and oxygen atoms in total. The maximum atomic E-state index is 10.2. The molecule has 0 unspecified atom stereocenters. The van der Waals surface area contributed by atoms with E-state index in [2.05, 4.69) is 5.11 Å². The van der Waals surface area contributed by atoms with Crippen molar-refractivity contribution in [1.82, 2.24) is 0 Å². The lowest BCUT2D eigenvalue weighted by Crippen LogP contribution is -2.00. The third-order valence-electron chi connectivity index (χ3n) is 0.604. The number of nitrogens with one attached hydrogen (secondary N) is 1. The Morgan fingerprint density at radius 2 is 2.14 bits per heavy atom. The molecule has 0 fully saturated rings. The highest BCUT2D eigenvalue weighted by atomic mass is 16.1. The van der Waals surface area contributed by atoms with E-state index in [1.54, 1.807) is 13.8 Å². The highest BCUT2D eigenvalue weighted by Gasteiger charge is 2.01. The average molecular weight is 100 g/mol. The van der Waals surface area contributed by atoms with Crippen LogP contribution in [0.4, 0.5) is 0 Å². The summed E-state index contributed by atoms with van der Waals surface area (Å²) >= 11 is 0. The van der Waals surface area contributed by atoms with Crippen molar-refractivity contribution < 1.29 is 4.79 Å². The third kappa shape index (κ3) is 2.03. The van der Waals surface area contributed by atoms with E-state index in [-0.39, 0.29) is 11.8 Å². The first-order valence-corrected chi connectivity index (χ1v) is 2.09. The Kier molecular flexibility index (Phi) is 2.19. The summed E-state index contributed by atoms with van der Waals surface area (Å²) in [4.78, 5) is 10.2. The number of nitrogens with zero attached hydrogens (tertiary/aromatic N) is 1. The Bertz CT molecular complexity index is 87.7. The number of carbonyl (C=O) groups is 1. The van der Waals surface area contributed by atoms with Crippen molar-refractivity contribution in [1.29, 1.82) is 5.53 Å². The maximum absolute atomic E-state index is 10.2. The van der Waals surface area contributed by atoms with Crippen molar-refractivity contribution in [2.75, 3.05) is 0 Å². The van der Waals surface area contributed by atoms with Crippen molar-refractivity contribution in [3.05, 3.63) is 0 Å². The van der Waals surface area contributed by atoms with E-state index in [1.807, 2.05) is 0 Å². The van der Waals surface area contributed by atoms with Gasteiger partial charge in [-0.1, -0.05) is 13.8 Å². The summed E-state index contributed by atoms with van der Waals surface area (Å²) < 4.78 is 0. The van der Waals surface area contributed by atoms with E-state index in [4.69, 9.17) is 5.53 Å². The third-order valence-corrected chi connectivity index (χ3v) is 0.604. The Morgan fingerprint density at radius 3 is 2.14 bits per heavy atom. The normalized spacial score (nSPS) is 9.00. The molecule has 0 aliphatic rings. The summed E-state index contributed by atoms with van der Waals surface area (Å²) in [5.41, 5.74) is 6.21. The zero-order chi connectivity index (χ0) is 5.86. The molecular weight excluding hydrogens is 92.1 g/mol. The van der Waals surface area contributed by atoms with Crippen molar-refractivity contribution >= 4 is 5.91 Å². The predicted octanol–water partition coefficient (Wildman–Crippen LogP) is 1.20. The van der Waals surface area contributed by atoms with Crippen LogP contribution < -0.4 is 0 Å². The summed E-state index contributed by atoms with van der Waals surface area (Å²) in [6.45, 7) is 3.42. The molecule has 0 bridgehead atoms. The van der Waals surface area contributed by atoms with Crippen LogP contribution in [0.5, 0.6) is 0 Å². The smallest absolute Gasteiger partial charge is 0.266 e. The SMILES string of the molecule is CC(C)C(=O)N=N. The van der Waals surface area contributed by atoms with E-state index in [0.717, 1.165) is 0 Å². The summed E-state index contributed by atoms with van der Waals surface area (Å²) in [5.74, 6) is -0.488. The second-order valence-electron chi connectivity index (χ2n) is 1.60. The van der Waals surface area contributed by atoms with Gasteiger partial charge in [-0.2, -0.15) is 0 Å². The van der Waals surface area contributed by atoms with Crippen LogP contribution in [-0.2, 0) is 4.79 Å². The zero-order valence-electron chi connectivity index (χ0n) is 4.43. The summed E-state index contributed by atoms with van der Waals surface area (Å²) in [6, 6.07) is 0. The van der Waals surface area contributed by atoms with Crippen LogP contribution in [0, 0.1) is 11.4 Å². The van der Waals surface area contributed by atoms with E-state index in [1.165, 1.54) is 0 Å². The summed E-state index contributed by atoms with van der Waals surface area (Å²) in [5, 5.41) is 2.70. The fourth-order valence-electron chi connectivity index (χ4n) is 0.129. The van der Waals surface area contributed by atoms with Gasteiger partial charge < -0.3 is 0 Å². The van der Waals surface area contributed by atoms with Gasteiger partial charge in [0.15, 0.2) is 0 Å². The van der Waals surface area contributed by atoms with Crippen LogP contribution in [-0.4, -0.2) is 5.91 Å². The molecule has 0 radical (unpaired) electrons. The quantitative estimate of drug-likeness (QED) is 0.494. The number of carbonyl (C=O) groups excluding carboxylic acids is 1. The summed E-state index contributed by atoms with van der Waals surface area (Å²) in [6.07, 6.45) is 0. The molecule has 1 amide bonds. The topological polar surface area (TPSA) is 53.3 Å². The molecule has 0 aliphatic carbocycles. The van der Waals surface area contributed by atoms with Gasteiger partial charge in [0.1, 0.15) is 0 Å². The number of hydrogen-bond donors (Lipinski definition) is 1. The highest BCUT2D eigenvalue weighted by Crippen LogP contribution is 1.92. The largest absolute Gasteiger partial charge is 0.271 e. The van der Waals surface area contributed by atoms with Gasteiger partial charge in [-0.15, -0.1) is 5.11 Å². The minimum Gasteiger partial charge on any atom is -0.271 e. The van der Waals surface area contributed by atoms with Crippen LogP contribution in [0.25, 0.3) is 0 Å². The van der Waals surface area contributed by atoms with Gasteiger partial charge in [-0.05, 0) is 0 Å². The molecule has 0 aromatic carbocycles. The van der Waals surface area contributed by atoms with Crippen molar-refractivity contribution in [2.45, 2.75) is 13.8 Å². The minimum absolute atomic E-state index is 0.127. The van der Waals surface area contributed by atoms with Crippen LogP contribution in [0.1, 0.15) is 13.8 Å². The fourth-order valence-corrected chi connectivity index (χ4v) is 0.129. The van der Waals surface area contributed by atoms with Gasteiger partial charge in [0, 0.05) is 5.92 Å². The number of hydrogen-bond acceptors (Lipinski definition) is 2. The van der Waals surface area contributed by atoms with E-state index < -0.39 is 0 Å². The molecule has 0 aromatic rings. The van der Waals surface area contributed by atoms with Gasteiger partial charge in [-0.25, -0.2) is 5.53 Å². The van der Waals surface area contributed by atoms with E-state index in [0.29, 0.717) is 0 Å². The second-order valence-corrected chi connectivity index (χ2v) is 1.60. The van der Waals surface area contributed by atoms with Crippen LogP contribution >= 0.6 is 0 Å².